The van der Waals surface area contributed by atoms with Gasteiger partial charge in [-0.05, 0) is 65.0 Å². The van der Waals surface area contributed by atoms with Gasteiger partial charge in [0.05, 0.1) is 12.2 Å². The maximum absolute atomic E-state index is 6.28. The summed E-state index contributed by atoms with van der Waals surface area (Å²) >= 11 is 0. The molecule has 0 heterocycles. The Hall–Kier alpha value is -1.60. The first-order chi connectivity index (χ1) is 12.3. The van der Waals surface area contributed by atoms with Crippen molar-refractivity contribution in [3.8, 4) is 11.1 Å². The van der Waals surface area contributed by atoms with Crippen LogP contribution in [0.3, 0.4) is 0 Å². The van der Waals surface area contributed by atoms with Crippen LogP contribution in [-0.4, -0.2) is 12.2 Å². The molecule has 0 N–H and O–H groups in total. The minimum absolute atomic E-state index is 0.116. The molecule has 0 saturated heterocycles. The molecule has 0 bridgehead atoms. The third-order valence-corrected chi connectivity index (χ3v) is 5.53. The number of hydrogen-bond donors (Lipinski definition) is 0. The lowest BCUT2D eigenvalue weighted by molar-refractivity contribution is -0.00628. The van der Waals surface area contributed by atoms with Gasteiger partial charge in [0.25, 0.3) is 0 Å². The van der Waals surface area contributed by atoms with E-state index in [1.807, 2.05) is 0 Å². The van der Waals surface area contributed by atoms with Crippen LogP contribution in [0.5, 0.6) is 0 Å². The van der Waals surface area contributed by atoms with Crippen LogP contribution < -0.4 is 0 Å². The van der Waals surface area contributed by atoms with Gasteiger partial charge in [-0.15, -0.1) is 0 Å². The molecule has 0 saturated carbocycles. The number of benzene rings is 2. The molecule has 0 spiro atoms. The Bertz CT molecular complexity index is 838. The number of fused-ring (bicyclic) bond motifs is 3. The summed E-state index contributed by atoms with van der Waals surface area (Å²) < 4.78 is 6.28. The zero-order chi connectivity index (χ0) is 20.2. The van der Waals surface area contributed by atoms with E-state index < -0.39 is 0 Å². The van der Waals surface area contributed by atoms with Crippen LogP contribution in [-0.2, 0) is 15.6 Å². The molecule has 0 aliphatic heterocycles. The standard InChI is InChI=1S/C26H36O/c1-24(2,3)17-13-14-19-20(15-17)21(16-27-26(7,8)9)18-11-10-12-22(23(18)19)25(4,5)6/h10-15,21H,16H2,1-9H3. The minimum Gasteiger partial charge on any atom is -0.375 e. The molecule has 1 nitrogen and oxygen atoms in total. The van der Waals surface area contributed by atoms with Crippen molar-refractivity contribution in [1.82, 2.24) is 0 Å². The van der Waals surface area contributed by atoms with Gasteiger partial charge in [-0.2, -0.15) is 0 Å². The van der Waals surface area contributed by atoms with Crippen LogP contribution in [0.15, 0.2) is 36.4 Å². The van der Waals surface area contributed by atoms with Crippen molar-refractivity contribution >= 4 is 0 Å². The van der Waals surface area contributed by atoms with E-state index in [9.17, 15) is 0 Å². The largest absolute Gasteiger partial charge is 0.375 e. The summed E-state index contributed by atoms with van der Waals surface area (Å²) in [5, 5.41) is 0. The molecule has 1 aliphatic rings. The van der Waals surface area contributed by atoms with E-state index in [4.69, 9.17) is 4.74 Å². The fourth-order valence-corrected chi connectivity index (χ4v) is 4.01. The average Bonchev–Trinajstić information content (AvgIpc) is 2.83. The van der Waals surface area contributed by atoms with E-state index >= 15 is 0 Å². The van der Waals surface area contributed by atoms with Crippen LogP contribution in [0.4, 0.5) is 0 Å². The van der Waals surface area contributed by atoms with Crippen molar-refractivity contribution in [3.63, 3.8) is 0 Å². The van der Waals surface area contributed by atoms with Crippen molar-refractivity contribution in [2.75, 3.05) is 6.61 Å². The Morgan fingerprint density at radius 3 is 2.00 bits per heavy atom. The fraction of sp³-hybridized carbons (Fsp3) is 0.538. The predicted molar refractivity (Wildman–Crippen MR) is 117 cm³/mol. The maximum Gasteiger partial charge on any atom is 0.0598 e. The lowest BCUT2D eigenvalue weighted by atomic mass is 9.81. The molecule has 27 heavy (non-hydrogen) atoms. The smallest absolute Gasteiger partial charge is 0.0598 e. The van der Waals surface area contributed by atoms with Crippen LogP contribution in [0.1, 0.15) is 90.5 Å². The Kier molecular flexibility index (Phi) is 4.84. The van der Waals surface area contributed by atoms with Gasteiger partial charge in [-0.25, -0.2) is 0 Å². The Balaban J connectivity index is 2.20. The van der Waals surface area contributed by atoms with Gasteiger partial charge in [0.1, 0.15) is 0 Å². The first-order valence-electron chi connectivity index (χ1n) is 10.2. The van der Waals surface area contributed by atoms with Crippen LogP contribution >= 0.6 is 0 Å². The second-order valence-corrected chi connectivity index (χ2v) is 11.0. The molecule has 2 aromatic rings. The van der Waals surface area contributed by atoms with Gasteiger partial charge < -0.3 is 4.74 Å². The molecule has 1 unspecified atom stereocenters. The second kappa shape index (κ2) is 6.48. The van der Waals surface area contributed by atoms with E-state index in [-0.39, 0.29) is 16.4 Å². The SMILES string of the molecule is CC(C)(C)OCC1c2cc(C(C)(C)C)ccc2-c2c1cccc2C(C)(C)C. The third kappa shape index (κ3) is 3.99. The van der Waals surface area contributed by atoms with E-state index in [1.165, 1.54) is 33.4 Å². The number of ether oxygens (including phenoxy) is 1. The topological polar surface area (TPSA) is 9.23 Å². The zero-order valence-electron chi connectivity index (χ0n) is 18.7. The van der Waals surface area contributed by atoms with E-state index in [2.05, 4.69) is 98.7 Å². The van der Waals surface area contributed by atoms with Crippen LogP contribution in [0.25, 0.3) is 11.1 Å². The summed E-state index contributed by atoms with van der Waals surface area (Å²) in [4.78, 5) is 0. The lowest BCUT2D eigenvalue weighted by Crippen LogP contribution is -2.23. The Morgan fingerprint density at radius 1 is 0.778 bits per heavy atom. The van der Waals surface area contributed by atoms with Gasteiger partial charge in [-0.3, -0.25) is 0 Å². The van der Waals surface area contributed by atoms with Gasteiger partial charge >= 0.3 is 0 Å². The molecule has 0 aromatic heterocycles. The Labute approximate surface area is 166 Å². The van der Waals surface area contributed by atoms with Gasteiger partial charge in [0.15, 0.2) is 0 Å². The molecule has 0 radical (unpaired) electrons. The Morgan fingerprint density at radius 2 is 1.44 bits per heavy atom. The summed E-state index contributed by atoms with van der Waals surface area (Å²) in [6.45, 7) is 20.9. The normalized spacial score (nSPS) is 17.0. The average molecular weight is 365 g/mol. The summed E-state index contributed by atoms with van der Waals surface area (Å²) in [6, 6.07) is 13.9. The van der Waals surface area contributed by atoms with Crippen molar-refractivity contribution in [2.24, 2.45) is 0 Å². The van der Waals surface area contributed by atoms with Crippen molar-refractivity contribution in [1.29, 1.82) is 0 Å². The highest BCUT2D eigenvalue weighted by Gasteiger charge is 2.34. The van der Waals surface area contributed by atoms with E-state index in [0.717, 1.165) is 6.61 Å². The number of hydrogen-bond acceptors (Lipinski definition) is 1. The summed E-state index contributed by atoms with van der Waals surface area (Å²) in [5.74, 6) is 0.304. The van der Waals surface area contributed by atoms with Crippen molar-refractivity contribution < 1.29 is 4.74 Å². The summed E-state index contributed by atoms with van der Waals surface area (Å²) in [7, 11) is 0. The molecular weight excluding hydrogens is 328 g/mol. The quantitative estimate of drug-likeness (QED) is 0.547. The highest BCUT2D eigenvalue weighted by molar-refractivity contribution is 5.82. The third-order valence-electron chi connectivity index (χ3n) is 5.53. The first kappa shape index (κ1) is 20.1. The highest BCUT2D eigenvalue weighted by atomic mass is 16.5. The van der Waals surface area contributed by atoms with E-state index in [0.29, 0.717) is 5.92 Å². The molecular formula is C26H36O. The van der Waals surface area contributed by atoms with Crippen molar-refractivity contribution in [3.05, 3.63) is 58.7 Å². The molecule has 0 amide bonds. The summed E-state index contributed by atoms with van der Waals surface area (Å²) in [5.41, 5.74) is 8.64. The molecule has 1 heteroatoms. The second-order valence-electron chi connectivity index (χ2n) is 11.0. The molecule has 146 valence electrons. The molecule has 1 aliphatic carbocycles. The van der Waals surface area contributed by atoms with Gasteiger partial charge in [-0.1, -0.05) is 77.9 Å². The van der Waals surface area contributed by atoms with E-state index in [1.54, 1.807) is 0 Å². The predicted octanol–water partition coefficient (Wildman–Crippen LogP) is 7.21. The summed E-state index contributed by atoms with van der Waals surface area (Å²) in [6.07, 6.45) is 0. The minimum atomic E-state index is -0.133. The van der Waals surface area contributed by atoms with Crippen LogP contribution in [0, 0.1) is 0 Å². The highest BCUT2D eigenvalue weighted by Crippen LogP contribution is 2.50. The molecule has 0 fully saturated rings. The molecule has 2 aromatic carbocycles. The van der Waals surface area contributed by atoms with Gasteiger partial charge in [0.2, 0.25) is 0 Å². The van der Waals surface area contributed by atoms with Gasteiger partial charge in [0, 0.05) is 5.92 Å². The molecule has 3 rings (SSSR count). The maximum atomic E-state index is 6.28. The van der Waals surface area contributed by atoms with Crippen molar-refractivity contribution in [2.45, 2.75) is 84.7 Å². The molecule has 1 atom stereocenters. The lowest BCUT2D eigenvalue weighted by Gasteiger charge is -2.25. The first-order valence-corrected chi connectivity index (χ1v) is 10.2. The zero-order valence-corrected chi connectivity index (χ0v) is 18.7. The monoisotopic (exact) mass is 364 g/mol. The van der Waals surface area contributed by atoms with Crippen LogP contribution in [0.2, 0.25) is 0 Å². The number of rotatable bonds is 2. The fourth-order valence-electron chi connectivity index (χ4n) is 4.01.